The Morgan fingerprint density at radius 1 is 1.00 bits per heavy atom. The van der Waals surface area contributed by atoms with E-state index in [4.69, 9.17) is 9.47 Å². The molecule has 0 bridgehead atoms. The molecule has 1 fully saturated rings. The van der Waals surface area contributed by atoms with Gasteiger partial charge in [-0.15, -0.1) is 0 Å². The van der Waals surface area contributed by atoms with Crippen molar-refractivity contribution in [2.45, 2.75) is 44.9 Å². The molecule has 0 radical (unpaired) electrons. The highest BCUT2D eigenvalue weighted by Crippen LogP contribution is 2.14. The first-order valence-electron chi connectivity index (χ1n) is 10.6. The van der Waals surface area contributed by atoms with Crippen LogP contribution in [0.25, 0.3) is 0 Å². The Kier molecular flexibility index (Phi) is 9.01. The SMILES string of the molecule is CN=C(NCCCc1ccccc1)NCc1cccc(COC2CCOCC2)c1. The van der Waals surface area contributed by atoms with Crippen LogP contribution < -0.4 is 10.6 Å². The minimum absolute atomic E-state index is 0.324. The fourth-order valence-corrected chi connectivity index (χ4v) is 3.44. The third-order valence-electron chi connectivity index (χ3n) is 5.11. The van der Waals surface area contributed by atoms with Gasteiger partial charge in [-0.25, -0.2) is 0 Å². The molecule has 0 unspecified atom stereocenters. The topological polar surface area (TPSA) is 54.9 Å². The maximum Gasteiger partial charge on any atom is 0.191 e. The van der Waals surface area contributed by atoms with E-state index in [1.54, 1.807) is 0 Å². The van der Waals surface area contributed by atoms with E-state index >= 15 is 0 Å². The van der Waals surface area contributed by atoms with E-state index in [0.29, 0.717) is 12.7 Å². The largest absolute Gasteiger partial charge is 0.381 e. The number of hydrogen-bond acceptors (Lipinski definition) is 3. The second kappa shape index (κ2) is 12.2. The monoisotopic (exact) mass is 395 g/mol. The molecule has 0 saturated carbocycles. The van der Waals surface area contributed by atoms with Gasteiger partial charge >= 0.3 is 0 Å². The van der Waals surface area contributed by atoms with Crippen molar-refractivity contribution in [2.75, 3.05) is 26.8 Å². The Morgan fingerprint density at radius 3 is 2.55 bits per heavy atom. The van der Waals surface area contributed by atoms with Crippen LogP contribution in [0, 0.1) is 0 Å². The number of aliphatic imine (C=N–C) groups is 1. The highest BCUT2D eigenvalue weighted by molar-refractivity contribution is 5.79. The molecule has 5 nitrogen and oxygen atoms in total. The first kappa shape index (κ1) is 21.3. The minimum Gasteiger partial charge on any atom is -0.381 e. The molecule has 0 aromatic heterocycles. The van der Waals surface area contributed by atoms with Crippen molar-refractivity contribution < 1.29 is 9.47 Å². The summed E-state index contributed by atoms with van der Waals surface area (Å²) in [4.78, 5) is 4.33. The molecule has 0 aliphatic carbocycles. The van der Waals surface area contributed by atoms with Crippen molar-refractivity contribution in [1.29, 1.82) is 0 Å². The van der Waals surface area contributed by atoms with Crippen LogP contribution in [0.3, 0.4) is 0 Å². The van der Waals surface area contributed by atoms with E-state index in [9.17, 15) is 0 Å². The van der Waals surface area contributed by atoms with Gasteiger partial charge in [0.05, 0.1) is 12.7 Å². The average molecular weight is 396 g/mol. The zero-order valence-electron chi connectivity index (χ0n) is 17.4. The van der Waals surface area contributed by atoms with Crippen molar-refractivity contribution in [3.8, 4) is 0 Å². The van der Waals surface area contributed by atoms with Crippen LogP contribution in [-0.2, 0) is 29.0 Å². The summed E-state index contributed by atoms with van der Waals surface area (Å²) in [7, 11) is 1.81. The van der Waals surface area contributed by atoms with Gasteiger partial charge in [0.1, 0.15) is 0 Å². The molecule has 1 aliphatic heterocycles. The molecule has 0 spiro atoms. The number of rotatable bonds is 9. The molecule has 1 aliphatic rings. The van der Waals surface area contributed by atoms with Gasteiger partial charge in [0.25, 0.3) is 0 Å². The maximum atomic E-state index is 6.04. The standard InChI is InChI=1S/C24H33N3O2/c1-25-24(26-14-6-11-20-7-3-2-4-8-20)27-18-21-9-5-10-22(17-21)19-29-23-12-15-28-16-13-23/h2-5,7-10,17,23H,6,11-16,18-19H2,1H3,(H2,25,26,27). The third kappa shape index (κ3) is 7.87. The molecular formula is C24H33N3O2. The summed E-state index contributed by atoms with van der Waals surface area (Å²) in [5.41, 5.74) is 3.81. The van der Waals surface area contributed by atoms with Crippen LogP contribution in [0.15, 0.2) is 59.6 Å². The minimum atomic E-state index is 0.324. The highest BCUT2D eigenvalue weighted by atomic mass is 16.5. The Bertz CT molecular complexity index is 743. The Labute approximate surface area is 174 Å². The van der Waals surface area contributed by atoms with Gasteiger partial charge in [-0.2, -0.15) is 0 Å². The summed E-state index contributed by atoms with van der Waals surface area (Å²) < 4.78 is 11.4. The van der Waals surface area contributed by atoms with Gasteiger partial charge in [-0.3, -0.25) is 4.99 Å². The molecule has 0 atom stereocenters. The molecule has 5 heteroatoms. The summed E-state index contributed by atoms with van der Waals surface area (Å²) in [5.74, 6) is 0.835. The van der Waals surface area contributed by atoms with Crippen LogP contribution in [-0.4, -0.2) is 38.9 Å². The van der Waals surface area contributed by atoms with Crippen molar-refractivity contribution in [1.82, 2.24) is 10.6 Å². The van der Waals surface area contributed by atoms with Gasteiger partial charge in [0, 0.05) is 33.4 Å². The first-order valence-corrected chi connectivity index (χ1v) is 10.6. The number of nitrogens with one attached hydrogen (secondary N) is 2. The van der Waals surface area contributed by atoms with E-state index in [-0.39, 0.29) is 0 Å². The smallest absolute Gasteiger partial charge is 0.191 e. The number of aryl methyl sites for hydroxylation is 1. The molecule has 2 N–H and O–H groups in total. The van der Waals surface area contributed by atoms with Crippen molar-refractivity contribution in [3.05, 3.63) is 71.3 Å². The van der Waals surface area contributed by atoms with E-state index in [0.717, 1.165) is 57.9 Å². The summed E-state index contributed by atoms with van der Waals surface area (Å²) in [5, 5.41) is 6.79. The quantitative estimate of drug-likeness (QED) is 0.386. The molecule has 1 heterocycles. The van der Waals surface area contributed by atoms with E-state index in [1.807, 2.05) is 7.05 Å². The van der Waals surface area contributed by atoms with Gasteiger partial charge in [0.2, 0.25) is 0 Å². The third-order valence-corrected chi connectivity index (χ3v) is 5.11. The molecule has 0 amide bonds. The summed E-state index contributed by atoms with van der Waals surface area (Å²) in [6.07, 6.45) is 4.45. The van der Waals surface area contributed by atoms with E-state index in [2.05, 4.69) is 70.2 Å². The number of hydrogen-bond donors (Lipinski definition) is 2. The normalized spacial score (nSPS) is 15.3. The molecule has 1 saturated heterocycles. The Morgan fingerprint density at radius 2 is 1.76 bits per heavy atom. The van der Waals surface area contributed by atoms with Crippen LogP contribution in [0.1, 0.15) is 36.0 Å². The predicted molar refractivity (Wildman–Crippen MR) is 118 cm³/mol. The summed E-state index contributed by atoms with van der Waals surface area (Å²) >= 11 is 0. The summed E-state index contributed by atoms with van der Waals surface area (Å²) in [6, 6.07) is 19.1. The lowest BCUT2D eigenvalue weighted by molar-refractivity contribution is -0.0390. The fourth-order valence-electron chi connectivity index (χ4n) is 3.44. The van der Waals surface area contributed by atoms with Gasteiger partial charge in [-0.1, -0.05) is 54.6 Å². The number of nitrogens with zero attached hydrogens (tertiary/aromatic N) is 1. The van der Waals surface area contributed by atoms with Gasteiger partial charge < -0.3 is 20.1 Å². The number of guanidine groups is 1. The van der Waals surface area contributed by atoms with Gasteiger partial charge in [-0.05, 0) is 42.4 Å². The van der Waals surface area contributed by atoms with E-state index in [1.165, 1.54) is 16.7 Å². The zero-order valence-corrected chi connectivity index (χ0v) is 17.4. The number of benzene rings is 2. The molecule has 29 heavy (non-hydrogen) atoms. The van der Waals surface area contributed by atoms with Crippen LogP contribution in [0.2, 0.25) is 0 Å². The Balaban J connectivity index is 1.37. The molecule has 156 valence electrons. The highest BCUT2D eigenvalue weighted by Gasteiger charge is 2.14. The molecule has 3 rings (SSSR count). The van der Waals surface area contributed by atoms with Crippen molar-refractivity contribution >= 4 is 5.96 Å². The fraction of sp³-hybridized carbons (Fsp3) is 0.458. The lowest BCUT2D eigenvalue weighted by Crippen LogP contribution is -2.37. The second-order valence-electron chi connectivity index (χ2n) is 7.38. The average Bonchev–Trinajstić information content (AvgIpc) is 2.79. The molecule has 2 aromatic carbocycles. The second-order valence-corrected chi connectivity index (χ2v) is 7.38. The van der Waals surface area contributed by atoms with Crippen LogP contribution in [0.4, 0.5) is 0 Å². The van der Waals surface area contributed by atoms with Crippen LogP contribution in [0.5, 0.6) is 0 Å². The van der Waals surface area contributed by atoms with Crippen molar-refractivity contribution in [2.24, 2.45) is 4.99 Å². The lowest BCUT2D eigenvalue weighted by atomic mass is 10.1. The maximum absolute atomic E-state index is 6.04. The van der Waals surface area contributed by atoms with Crippen LogP contribution >= 0.6 is 0 Å². The Hall–Kier alpha value is -2.37. The zero-order chi connectivity index (χ0) is 20.2. The van der Waals surface area contributed by atoms with E-state index < -0.39 is 0 Å². The van der Waals surface area contributed by atoms with Crippen molar-refractivity contribution in [3.63, 3.8) is 0 Å². The number of ether oxygens (including phenoxy) is 2. The molecule has 2 aromatic rings. The first-order chi connectivity index (χ1) is 14.3. The van der Waals surface area contributed by atoms with Gasteiger partial charge in [0.15, 0.2) is 5.96 Å². The molecular weight excluding hydrogens is 362 g/mol. The summed E-state index contributed by atoms with van der Waals surface area (Å²) in [6.45, 7) is 3.92. The lowest BCUT2D eigenvalue weighted by Gasteiger charge is -2.22. The predicted octanol–water partition coefficient (Wildman–Crippen LogP) is 3.68.